The fraction of sp³-hybridized carbons (Fsp3) is 0.214. The summed E-state index contributed by atoms with van der Waals surface area (Å²) in [5.74, 6) is 0. The quantitative estimate of drug-likeness (QED) is 0.358. The number of rotatable bonds is 5. The van der Waals surface area contributed by atoms with Gasteiger partial charge in [-0.25, -0.2) is 0 Å². The Bertz CT molecular complexity index is 1180. The molecule has 4 aromatic rings. The lowest BCUT2D eigenvalue weighted by Gasteiger charge is -2.15. The SMILES string of the molecule is CCc1cccc(-c2cncc(-c3cc(CC)c(C)c(-c4ccncc4)c3)c2)c1C. The van der Waals surface area contributed by atoms with Crippen molar-refractivity contribution in [3.05, 3.63) is 95.6 Å². The second kappa shape index (κ2) is 8.62. The van der Waals surface area contributed by atoms with Gasteiger partial charge in [0.2, 0.25) is 0 Å². The van der Waals surface area contributed by atoms with Crippen molar-refractivity contribution >= 4 is 0 Å². The van der Waals surface area contributed by atoms with Crippen LogP contribution in [-0.4, -0.2) is 9.97 Å². The van der Waals surface area contributed by atoms with E-state index >= 15 is 0 Å². The molecule has 30 heavy (non-hydrogen) atoms. The first-order chi connectivity index (χ1) is 14.6. The predicted octanol–water partition coefficient (Wildman–Crippen LogP) is 7.22. The number of hydrogen-bond acceptors (Lipinski definition) is 2. The first kappa shape index (κ1) is 20.0. The number of aryl methyl sites for hydroxylation is 2. The van der Waals surface area contributed by atoms with E-state index in [-0.39, 0.29) is 0 Å². The smallest absolute Gasteiger partial charge is 0.0346 e. The highest BCUT2D eigenvalue weighted by molar-refractivity contribution is 5.79. The summed E-state index contributed by atoms with van der Waals surface area (Å²) in [4.78, 5) is 8.79. The van der Waals surface area contributed by atoms with Gasteiger partial charge in [-0.05, 0) is 95.5 Å². The molecule has 0 spiro atoms. The van der Waals surface area contributed by atoms with Crippen molar-refractivity contribution < 1.29 is 0 Å². The van der Waals surface area contributed by atoms with Crippen LogP contribution in [-0.2, 0) is 12.8 Å². The minimum absolute atomic E-state index is 1.00. The van der Waals surface area contributed by atoms with Gasteiger partial charge in [0.25, 0.3) is 0 Å². The summed E-state index contributed by atoms with van der Waals surface area (Å²) in [6.45, 7) is 8.85. The Hall–Kier alpha value is -3.26. The number of pyridine rings is 2. The van der Waals surface area contributed by atoms with Crippen molar-refractivity contribution in [3.8, 4) is 33.4 Å². The molecule has 0 N–H and O–H groups in total. The normalized spacial score (nSPS) is 10.9. The highest BCUT2D eigenvalue weighted by atomic mass is 14.6. The van der Waals surface area contributed by atoms with Gasteiger partial charge in [-0.15, -0.1) is 0 Å². The summed E-state index contributed by atoms with van der Waals surface area (Å²) < 4.78 is 0. The summed E-state index contributed by atoms with van der Waals surface area (Å²) in [7, 11) is 0. The van der Waals surface area contributed by atoms with Crippen LogP contribution in [0.3, 0.4) is 0 Å². The van der Waals surface area contributed by atoms with Crippen LogP contribution in [0.1, 0.15) is 36.1 Å². The third kappa shape index (κ3) is 3.78. The van der Waals surface area contributed by atoms with Crippen LogP contribution in [0, 0.1) is 13.8 Å². The molecule has 0 aliphatic rings. The van der Waals surface area contributed by atoms with Gasteiger partial charge in [0.1, 0.15) is 0 Å². The molecule has 2 aromatic heterocycles. The average molecular weight is 393 g/mol. The summed E-state index contributed by atoms with van der Waals surface area (Å²) in [5, 5.41) is 0. The highest BCUT2D eigenvalue weighted by Crippen LogP contribution is 2.34. The first-order valence-electron chi connectivity index (χ1n) is 10.7. The molecule has 150 valence electrons. The van der Waals surface area contributed by atoms with E-state index in [1.807, 2.05) is 24.8 Å². The molecule has 0 amide bonds. The second-order valence-electron chi connectivity index (χ2n) is 7.80. The van der Waals surface area contributed by atoms with Gasteiger partial charge in [-0.3, -0.25) is 9.97 Å². The maximum atomic E-state index is 4.60. The molecule has 0 fully saturated rings. The van der Waals surface area contributed by atoms with E-state index in [2.05, 4.69) is 86.2 Å². The van der Waals surface area contributed by atoms with Gasteiger partial charge in [0.05, 0.1) is 0 Å². The van der Waals surface area contributed by atoms with Gasteiger partial charge in [0, 0.05) is 35.9 Å². The predicted molar refractivity (Wildman–Crippen MR) is 127 cm³/mol. The molecule has 0 unspecified atom stereocenters. The third-order valence-corrected chi connectivity index (χ3v) is 6.10. The minimum atomic E-state index is 1.00. The van der Waals surface area contributed by atoms with Gasteiger partial charge in [-0.2, -0.15) is 0 Å². The number of nitrogens with zero attached hydrogens (tertiary/aromatic N) is 2. The zero-order valence-corrected chi connectivity index (χ0v) is 18.2. The van der Waals surface area contributed by atoms with E-state index in [0.29, 0.717) is 0 Å². The lowest BCUT2D eigenvalue weighted by molar-refractivity contribution is 1.11. The molecule has 2 heterocycles. The van der Waals surface area contributed by atoms with Crippen molar-refractivity contribution in [1.29, 1.82) is 0 Å². The van der Waals surface area contributed by atoms with Crippen LogP contribution >= 0.6 is 0 Å². The van der Waals surface area contributed by atoms with Crippen molar-refractivity contribution in [1.82, 2.24) is 9.97 Å². The molecule has 0 atom stereocenters. The van der Waals surface area contributed by atoms with E-state index < -0.39 is 0 Å². The van der Waals surface area contributed by atoms with Crippen LogP contribution in [0.25, 0.3) is 33.4 Å². The van der Waals surface area contributed by atoms with Crippen LogP contribution in [0.15, 0.2) is 73.3 Å². The van der Waals surface area contributed by atoms with E-state index in [4.69, 9.17) is 0 Å². The zero-order valence-electron chi connectivity index (χ0n) is 18.2. The van der Waals surface area contributed by atoms with E-state index in [1.54, 1.807) is 0 Å². The van der Waals surface area contributed by atoms with Gasteiger partial charge >= 0.3 is 0 Å². The highest BCUT2D eigenvalue weighted by Gasteiger charge is 2.12. The van der Waals surface area contributed by atoms with Crippen molar-refractivity contribution in [2.75, 3.05) is 0 Å². The number of benzene rings is 2. The largest absolute Gasteiger partial charge is 0.265 e. The standard InChI is InChI=1S/C28H28N2/c1-5-21-8-7-9-27(19(21)3)26-15-25(17-30-18-26)24-14-22(6-2)20(4)28(16-24)23-10-12-29-13-11-23/h7-18H,5-6H2,1-4H3. The Labute approximate surface area is 179 Å². The lowest BCUT2D eigenvalue weighted by atomic mass is 9.90. The van der Waals surface area contributed by atoms with Crippen molar-refractivity contribution in [3.63, 3.8) is 0 Å². The molecule has 0 saturated heterocycles. The van der Waals surface area contributed by atoms with Gasteiger partial charge < -0.3 is 0 Å². The average Bonchev–Trinajstić information content (AvgIpc) is 2.80. The Balaban J connectivity index is 1.85. The third-order valence-electron chi connectivity index (χ3n) is 6.10. The topological polar surface area (TPSA) is 25.8 Å². The summed E-state index contributed by atoms with van der Waals surface area (Å²) in [6.07, 6.45) is 9.72. The van der Waals surface area contributed by atoms with Crippen LogP contribution in [0.2, 0.25) is 0 Å². The Morgan fingerprint density at radius 3 is 2.03 bits per heavy atom. The van der Waals surface area contributed by atoms with Gasteiger partial charge in [-0.1, -0.05) is 38.1 Å². The van der Waals surface area contributed by atoms with E-state index in [1.165, 1.54) is 50.1 Å². The van der Waals surface area contributed by atoms with Crippen molar-refractivity contribution in [2.24, 2.45) is 0 Å². The van der Waals surface area contributed by atoms with E-state index in [0.717, 1.165) is 18.4 Å². The molecule has 0 saturated carbocycles. The molecule has 2 nitrogen and oxygen atoms in total. The molecule has 2 heteroatoms. The summed E-state index contributed by atoms with van der Waals surface area (Å²) >= 11 is 0. The van der Waals surface area contributed by atoms with Crippen LogP contribution in [0.5, 0.6) is 0 Å². The van der Waals surface area contributed by atoms with E-state index in [9.17, 15) is 0 Å². The number of aromatic nitrogens is 2. The molecule has 2 aromatic carbocycles. The minimum Gasteiger partial charge on any atom is -0.265 e. The molecule has 0 radical (unpaired) electrons. The zero-order chi connectivity index (χ0) is 21.1. The van der Waals surface area contributed by atoms with Crippen LogP contribution in [0.4, 0.5) is 0 Å². The molecule has 0 aliphatic heterocycles. The summed E-state index contributed by atoms with van der Waals surface area (Å²) in [5.41, 5.74) is 12.7. The van der Waals surface area contributed by atoms with Gasteiger partial charge in [0.15, 0.2) is 0 Å². The second-order valence-corrected chi connectivity index (χ2v) is 7.80. The molecular formula is C28H28N2. The van der Waals surface area contributed by atoms with Crippen LogP contribution < -0.4 is 0 Å². The first-order valence-corrected chi connectivity index (χ1v) is 10.7. The maximum Gasteiger partial charge on any atom is 0.0346 e. The molecule has 0 bridgehead atoms. The molecule has 0 aliphatic carbocycles. The fourth-order valence-corrected chi connectivity index (χ4v) is 4.26. The van der Waals surface area contributed by atoms with Crippen molar-refractivity contribution in [2.45, 2.75) is 40.5 Å². The Morgan fingerprint density at radius 1 is 0.600 bits per heavy atom. The Kier molecular flexibility index (Phi) is 5.76. The maximum absolute atomic E-state index is 4.60. The summed E-state index contributed by atoms with van der Waals surface area (Å²) in [6, 6.07) is 17.6. The monoisotopic (exact) mass is 392 g/mol. The Morgan fingerprint density at radius 2 is 1.30 bits per heavy atom. The number of hydrogen-bond donors (Lipinski definition) is 0. The lowest BCUT2D eigenvalue weighted by Crippen LogP contribution is -1.95. The molecular weight excluding hydrogens is 364 g/mol. The molecule has 4 rings (SSSR count). The fourth-order valence-electron chi connectivity index (χ4n) is 4.26.